The molecule has 0 fully saturated rings. The summed E-state index contributed by atoms with van der Waals surface area (Å²) in [4.78, 5) is 19.5. The Labute approximate surface area is 102 Å². The SMILES string of the molecule is CCN(CC(=O)N(C)C)Cc1cccc(N)n1. The topological polar surface area (TPSA) is 62.5 Å². The van der Waals surface area contributed by atoms with Crippen LogP contribution in [0.1, 0.15) is 12.6 Å². The minimum atomic E-state index is 0.0933. The molecule has 1 rings (SSSR count). The van der Waals surface area contributed by atoms with E-state index in [4.69, 9.17) is 5.73 Å². The summed E-state index contributed by atoms with van der Waals surface area (Å²) >= 11 is 0. The van der Waals surface area contributed by atoms with Crippen molar-refractivity contribution >= 4 is 11.7 Å². The second-order valence-electron chi connectivity index (χ2n) is 4.15. The van der Waals surface area contributed by atoms with Crippen molar-refractivity contribution in [2.75, 3.05) is 32.9 Å². The minimum absolute atomic E-state index is 0.0933. The number of nitrogens with two attached hydrogens (primary N) is 1. The van der Waals surface area contributed by atoms with Crippen LogP contribution in [-0.4, -0.2) is 47.9 Å². The second-order valence-corrected chi connectivity index (χ2v) is 4.15. The van der Waals surface area contributed by atoms with Crippen LogP contribution in [-0.2, 0) is 11.3 Å². The number of amides is 1. The number of carbonyl (C=O) groups is 1. The zero-order valence-corrected chi connectivity index (χ0v) is 10.7. The first-order chi connectivity index (χ1) is 8.02. The van der Waals surface area contributed by atoms with Gasteiger partial charge in [0.15, 0.2) is 0 Å². The van der Waals surface area contributed by atoms with Gasteiger partial charge in [-0.25, -0.2) is 4.98 Å². The molecule has 0 saturated carbocycles. The quantitative estimate of drug-likeness (QED) is 0.812. The van der Waals surface area contributed by atoms with Gasteiger partial charge in [0.25, 0.3) is 0 Å². The van der Waals surface area contributed by atoms with Crippen molar-refractivity contribution in [2.24, 2.45) is 0 Å². The van der Waals surface area contributed by atoms with Gasteiger partial charge in [0.05, 0.1) is 12.2 Å². The molecule has 0 aliphatic carbocycles. The normalized spacial score (nSPS) is 10.6. The van der Waals surface area contributed by atoms with E-state index >= 15 is 0 Å². The lowest BCUT2D eigenvalue weighted by Gasteiger charge is -2.21. The summed E-state index contributed by atoms with van der Waals surface area (Å²) in [5.41, 5.74) is 6.51. The number of hydrogen-bond donors (Lipinski definition) is 1. The molecule has 94 valence electrons. The number of nitrogen functional groups attached to an aromatic ring is 1. The summed E-state index contributed by atoms with van der Waals surface area (Å²) in [7, 11) is 3.52. The van der Waals surface area contributed by atoms with Gasteiger partial charge in [-0.3, -0.25) is 9.69 Å². The molecule has 1 aromatic heterocycles. The molecule has 0 atom stereocenters. The predicted octanol–water partition coefficient (Wildman–Crippen LogP) is 0.574. The van der Waals surface area contributed by atoms with Crippen LogP contribution in [0.4, 0.5) is 5.82 Å². The summed E-state index contributed by atoms with van der Waals surface area (Å²) in [6.45, 7) is 3.87. The maximum atomic E-state index is 11.6. The second kappa shape index (κ2) is 6.20. The highest BCUT2D eigenvalue weighted by Gasteiger charge is 2.11. The molecule has 0 spiro atoms. The minimum Gasteiger partial charge on any atom is -0.384 e. The third-order valence-corrected chi connectivity index (χ3v) is 2.52. The van der Waals surface area contributed by atoms with E-state index < -0.39 is 0 Å². The van der Waals surface area contributed by atoms with Crippen LogP contribution in [0.2, 0.25) is 0 Å². The number of pyridine rings is 1. The van der Waals surface area contributed by atoms with Crippen molar-refractivity contribution in [1.29, 1.82) is 0 Å². The average Bonchev–Trinajstić information content (AvgIpc) is 2.27. The monoisotopic (exact) mass is 236 g/mol. The van der Waals surface area contributed by atoms with Gasteiger partial charge in [-0.1, -0.05) is 13.0 Å². The van der Waals surface area contributed by atoms with Crippen LogP contribution in [0.25, 0.3) is 0 Å². The first kappa shape index (κ1) is 13.4. The lowest BCUT2D eigenvalue weighted by Crippen LogP contribution is -2.36. The van der Waals surface area contributed by atoms with E-state index in [0.29, 0.717) is 18.9 Å². The molecule has 5 heteroatoms. The first-order valence-electron chi connectivity index (χ1n) is 5.66. The van der Waals surface area contributed by atoms with Crippen LogP contribution in [0.5, 0.6) is 0 Å². The van der Waals surface area contributed by atoms with Gasteiger partial charge < -0.3 is 10.6 Å². The number of anilines is 1. The Balaban J connectivity index is 2.61. The third kappa shape index (κ3) is 4.40. The number of rotatable bonds is 5. The van der Waals surface area contributed by atoms with Crippen LogP contribution < -0.4 is 5.73 Å². The van der Waals surface area contributed by atoms with Gasteiger partial charge in [-0.2, -0.15) is 0 Å². The van der Waals surface area contributed by atoms with Gasteiger partial charge >= 0.3 is 0 Å². The van der Waals surface area contributed by atoms with E-state index in [1.165, 1.54) is 0 Å². The van der Waals surface area contributed by atoms with E-state index in [9.17, 15) is 4.79 Å². The smallest absolute Gasteiger partial charge is 0.236 e. The van der Waals surface area contributed by atoms with Crippen LogP contribution in [0.15, 0.2) is 18.2 Å². The fourth-order valence-corrected chi connectivity index (χ4v) is 1.43. The standard InChI is InChI=1S/C12H20N4O/c1-4-16(9-12(17)15(2)3)8-10-6-5-7-11(13)14-10/h5-7H,4,8-9H2,1-3H3,(H2,13,14). The van der Waals surface area contributed by atoms with Crippen LogP contribution >= 0.6 is 0 Å². The largest absolute Gasteiger partial charge is 0.384 e. The van der Waals surface area contributed by atoms with Crippen molar-refractivity contribution in [3.05, 3.63) is 23.9 Å². The molecule has 1 amide bonds. The fraction of sp³-hybridized carbons (Fsp3) is 0.500. The Hall–Kier alpha value is -1.62. The fourth-order valence-electron chi connectivity index (χ4n) is 1.43. The van der Waals surface area contributed by atoms with E-state index in [0.717, 1.165) is 12.2 Å². The highest BCUT2D eigenvalue weighted by Crippen LogP contribution is 2.04. The lowest BCUT2D eigenvalue weighted by molar-refractivity contribution is -0.130. The predicted molar refractivity (Wildman–Crippen MR) is 68.3 cm³/mol. The first-order valence-corrected chi connectivity index (χ1v) is 5.66. The Morgan fingerprint density at radius 3 is 2.65 bits per heavy atom. The molecule has 0 aliphatic rings. The Morgan fingerprint density at radius 1 is 1.41 bits per heavy atom. The van der Waals surface area contributed by atoms with E-state index in [2.05, 4.69) is 4.98 Å². The highest BCUT2D eigenvalue weighted by molar-refractivity contribution is 5.77. The Bertz CT molecular complexity index is 379. The van der Waals surface area contributed by atoms with Crippen molar-refractivity contribution in [3.63, 3.8) is 0 Å². The molecular formula is C12H20N4O. The molecule has 1 heterocycles. The summed E-state index contributed by atoms with van der Waals surface area (Å²) in [6, 6.07) is 5.54. The van der Waals surface area contributed by atoms with Crippen molar-refractivity contribution in [2.45, 2.75) is 13.5 Å². The number of hydrogen-bond acceptors (Lipinski definition) is 4. The molecule has 1 aromatic rings. The number of carbonyl (C=O) groups excluding carboxylic acids is 1. The maximum absolute atomic E-state index is 11.6. The Kier molecular flexibility index (Phi) is 4.90. The van der Waals surface area contributed by atoms with Gasteiger partial charge in [-0.05, 0) is 18.7 Å². The molecule has 0 aromatic carbocycles. The molecule has 0 aliphatic heterocycles. The van der Waals surface area contributed by atoms with Gasteiger partial charge in [-0.15, -0.1) is 0 Å². The summed E-state index contributed by atoms with van der Waals surface area (Å²) in [5.74, 6) is 0.605. The van der Waals surface area contributed by atoms with Gasteiger partial charge in [0, 0.05) is 20.6 Å². The number of aromatic nitrogens is 1. The number of likely N-dealkylation sites (N-methyl/N-ethyl adjacent to an activating group) is 2. The zero-order valence-electron chi connectivity index (χ0n) is 10.7. The van der Waals surface area contributed by atoms with Crippen LogP contribution in [0.3, 0.4) is 0 Å². The van der Waals surface area contributed by atoms with Crippen LogP contribution in [0, 0.1) is 0 Å². The molecule has 0 unspecified atom stereocenters. The Morgan fingerprint density at radius 2 is 2.12 bits per heavy atom. The van der Waals surface area contributed by atoms with Gasteiger partial charge in [0.1, 0.15) is 5.82 Å². The molecule has 0 radical (unpaired) electrons. The van der Waals surface area contributed by atoms with Crippen molar-refractivity contribution < 1.29 is 4.79 Å². The molecule has 2 N–H and O–H groups in total. The lowest BCUT2D eigenvalue weighted by atomic mass is 10.3. The summed E-state index contributed by atoms with van der Waals surface area (Å²) in [5, 5.41) is 0. The molecular weight excluding hydrogens is 216 g/mol. The molecule has 17 heavy (non-hydrogen) atoms. The molecule has 0 bridgehead atoms. The average molecular weight is 236 g/mol. The van der Waals surface area contributed by atoms with Gasteiger partial charge in [0.2, 0.25) is 5.91 Å². The van der Waals surface area contributed by atoms with Crippen molar-refractivity contribution in [1.82, 2.24) is 14.8 Å². The third-order valence-electron chi connectivity index (χ3n) is 2.52. The zero-order chi connectivity index (χ0) is 12.8. The molecule has 0 saturated heterocycles. The molecule has 5 nitrogen and oxygen atoms in total. The summed E-state index contributed by atoms with van der Waals surface area (Å²) < 4.78 is 0. The van der Waals surface area contributed by atoms with E-state index in [-0.39, 0.29) is 5.91 Å². The highest BCUT2D eigenvalue weighted by atomic mass is 16.2. The van der Waals surface area contributed by atoms with Crippen molar-refractivity contribution in [3.8, 4) is 0 Å². The van der Waals surface area contributed by atoms with E-state index in [1.807, 2.05) is 24.0 Å². The maximum Gasteiger partial charge on any atom is 0.236 e. The number of nitrogens with zero attached hydrogens (tertiary/aromatic N) is 3. The van der Waals surface area contributed by atoms with E-state index in [1.54, 1.807) is 25.1 Å². The summed E-state index contributed by atoms with van der Waals surface area (Å²) in [6.07, 6.45) is 0.